The van der Waals surface area contributed by atoms with Gasteiger partial charge in [0.25, 0.3) is 0 Å². The van der Waals surface area contributed by atoms with Crippen LogP contribution in [0.2, 0.25) is 0 Å². The van der Waals surface area contributed by atoms with Crippen molar-refractivity contribution in [2.75, 3.05) is 13.1 Å². The second kappa shape index (κ2) is 4.30. The predicted octanol–water partition coefficient (Wildman–Crippen LogP) is 1.37. The quantitative estimate of drug-likeness (QED) is 0.728. The van der Waals surface area contributed by atoms with Gasteiger partial charge in [-0.2, -0.15) is 0 Å². The largest absolute Gasteiger partial charge is 0.368 e. The lowest BCUT2D eigenvalue weighted by Gasteiger charge is -2.37. The predicted molar refractivity (Wildman–Crippen MR) is 57.9 cm³/mol. The Labute approximate surface area is 86.6 Å². The Bertz CT molecular complexity index is 208. The molecule has 1 rings (SSSR count). The molecule has 0 aromatic rings. The van der Waals surface area contributed by atoms with Gasteiger partial charge in [0.05, 0.1) is 6.04 Å². The Morgan fingerprint density at radius 3 is 2.57 bits per heavy atom. The first-order chi connectivity index (χ1) is 6.40. The van der Waals surface area contributed by atoms with E-state index in [1.807, 2.05) is 0 Å². The normalized spacial score (nSPS) is 24.9. The number of nitrogens with zero attached hydrogens (tertiary/aromatic N) is 1. The molecular weight excluding hydrogens is 176 g/mol. The highest BCUT2D eigenvalue weighted by Gasteiger charge is 2.29. The molecule has 0 aliphatic carbocycles. The second-order valence-corrected chi connectivity index (χ2v) is 5.45. The smallest absolute Gasteiger partial charge is 0.234 e. The molecule has 82 valence electrons. The molecule has 1 aliphatic heterocycles. The van der Waals surface area contributed by atoms with Crippen molar-refractivity contribution < 1.29 is 4.79 Å². The van der Waals surface area contributed by atoms with Crippen LogP contribution in [0.5, 0.6) is 0 Å². The van der Waals surface area contributed by atoms with Crippen LogP contribution in [0.4, 0.5) is 0 Å². The average molecular weight is 198 g/mol. The summed E-state index contributed by atoms with van der Waals surface area (Å²) in [4.78, 5) is 13.5. The molecule has 0 spiro atoms. The number of likely N-dealkylation sites (tertiary alicyclic amines) is 1. The summed E-state index contributed by atoms with van der Waals surface area (Å²) in [5.74, 6) is -0.158. The van der Waals surface area contributed by atoms with Gasteiger partial charge in [0.2, 0.25) is 5.91 Å². The topological polar surface area (TPSA) is 46.3 Å². The molecule has 3 nitrogen and oxygen atoms in total. The van der Waals surface area contributed by atoms with E-state index in [-0.39, 0.29) is 17.4 Å². The number of piperidine rings is 1. The van der Waals surface area contributed by atoms with E-state index in [1.54, 1.807) is 0 Å². The first kappa shape index (κ1) is 11.5. The summed E-state index contributed by atoms with van der Waals surface area (Å²) >= 11 is 0. The molecule has 0 aromatic carbocycles. The SMILES string of the molecule is CC(C)(C)CN1CCCCC1C(N)=O. The van der Waals surface area contributed by atoms with Gasteiger partial charge in [-0.25, -0.2) is 0 Å². The van der Waals surface area contributed by atoms with E-state index in [4.69, 9.17) is 5.73 Å². The van der Waals surface area contributed by atoms with Crippen LogP contribution in [0.25, 0.3) is 0 Å². The van der Waals surface area contributed by atoms with Gasteiger partial charge in [0, 0.05) is 6.54 Å². The van der Waals surface area contributed by atoms with Crippen molar-refractivity contribution in [2.24, 2.45) is 11.1 Å². The van der Waals surface area contributed by atoms with Crippen molar-refractivity contribution in [3.8, 4) is 0 Å². The number of carbonyl (C=O) groups is 1. The Morgan fingerprint density at radius 2 is 2.07 bits per heavy atom. The molecule has 1 aliphatic rings. The highest BCUT2D eigenvalue weighted by molar-refractivity contribution is 5.79. The number of hydrogen-bond acceptors (Lipinski definition) is 2. The summed E-state index contributed by atoms with van der Waals surface area (Å²) in [5, 5.41) is 0. The van der Waals surface area contributed by atoms with Crippen LogP contribution < -0.4 is 5.73 Å². The highest BCUT2D eigenvalue weighted by Crippen LogP contribution is 2.22. The van der Waals surface area contributed by atoms with Crippen LogP contribution in [0.3, 0.4) is 0 Å². The van der Waals surface area contributed by atoms with Gasteiger partial charge in [-0.3, -0.25) is 9.69 Å². The molecule has 3 heteroatoms. The number of nitrogens with two attached hydrogens (primary N) is 1. The number of amides is 1. The van der Waals surface area contributed by atoms with Crippen molar-refractivity contribution in [3.05, 3.63) is 0 Å². The fourth-order valence-corrected chi connectivity index (χ4v) is 2.11. The highest BCUT2D eigenvalue weighted by atomic mass is 16.1. The van der Waals surface area contributed by atoms with Crippen LogP contribution in [-0.2, 0) is 4.79 Å². The molecular formula is C11H22N2O. The molecule has 0 bridgehead atoms. The van der Waals surface area contributed by atoms with Crippen molar-refractivity contribution in [1.82, 2.24) is 4.90 Å². The summed E-state index contributed by atoms with van der Waals surface area (Å²) in [6.07, 6.45) is 3.26. The lowest BCUT2D eigenvalue weighted by atomic mass is 9.92. The van der Waals surface area contributed by atoms with E-state index in [2.05, 4.69) is 25.7 Å². The Morgan fingerprint density at radius 1 is 1.43 bits per heavy atom. The van der Waals surface area contributed by atoms with Crippen LogP contribution >= 0.6 is 0 Å². The minimum absolute atomic E-state index is 0.0250. The first-order valence-corrected chi connectivity index (χ1v) is 5.43. The van der Waals surface area contributed by atoms with Gasteiger partial charge < -0.3 is 5.73 Å². The molecule has 1 amide bonds. The standard InChI is InChI=1S/C11H22N2O/c1-11(2,3)8-13-7-5-4-6-9(13)10(12)14/h9H,4-8H2,1-3H3,(H2,12,14). The van der Waals surface area contributed by atoms with Crippen LogP contribution in [0.1, 0.15) is 40.0 Å². The third-order valence-corrected chi connectivity index (χ3v) is 2.62. The number of carbonyl (C=O) groups excluding carboxylic acids is 1. The summed E-state index contributed by atoms with van der Waals surface area (Å²) in [6, 6.07) is -0.0250. The zero-order chi connectivity index (χ0) is 10.8. The van der Waals surface area contributed by atoms with E-state index < -0.39 is 0 Å². The number of primary amides is 1. The van der Waals surface area contributed by atoms with Gasteiger partial charge in [0.1, 0.15) is 0 Å². The van der Waals surface area contributed by atoms with Crippen molar-refractivity contribution in [1.29, 1.82) is 0 Å². The van der Waals surface area contributed by atoms with E-state index in [9.17, 15) is 4.79 Å². The zero-order valence-corrected chi connectivity index (χ0v) is 9.55. The molecule has 14 heavy (non-hydrogen) atoms. The number of rotatable bonds is 2. The third-order valence-electron chi connectivity index (χ3n) is 2.62. The van der Waals surface area contributed by atoms with Crippen molar-refractivity contribution >= 4 is 5.91 Å². The van der Waals surface area contributed by atoms with Crippen molar-refractivity contribution in [3.63, 3.8) is 0 Å². The Balaban J connectivity index is 2.59. The molecule has 1 atom stereocenters. The minimum Gasteiger partial charge on any atom is -0.368 e. The zero-order valence-electron chi connectivity index (χ0n) is 9.55. The fraction of sp³-hybridized carbons (Fsp3) is 0.909. The summed E-state index contributed by atoms with van der Waals surface area (Å²) < 4.78 is 0. The maximum Gasteiger partial charge on any atom is 0.234 e. The average Bonchev–Trinajstić information content (AvgIpc) is 2.01. The Kier molecular flexibility index (Phi) is 3.53. The monoisotopic (exact) mass is 198 g/mol. The van der Waals surface area contributed by atoms with Gasteiger partial charge in [-0.05, 0) is 24.8 Å². The number of hydrogen-bond donors (Lipinski definition) is 1. The summed E-state index contributed by atoms with van der Waals surface area (Å²) in [5.41, 5.74) is 5.64. The van der Waals surface area contributed by atoms with Gasteiger partial charge >= 0.3 is 0 Å². The van der Waals surface area contributed by atoms with Gasteiger partial charge in [0.15, 0.2) is 0 Å². The minimum atomic E-state index is -0.158. The van der Waals surface area contributed by atoms with Crippen LogP contribution in [-0.4, -0.2) is 29.9 Å². The molecule has 1 unspecified atom stereocenters. The lowest BCUT2D eigenvalue weighted by molar-refractivity contribution is -0.124. The molecule has 0 radical (unpaired) electrons. The van der Waals surface area contributed by atoms with E-state index in [0.717, 1.165) is 25.9 Å². The molecule has 1 fully saturated rings. The van der Waals surface area contributed by atoms with E-state index in [1.165, 1.54) is 6.42 Å². The molecule has 2 N–H and O–H groups in total. The Hall–Kier alpha value is -0.570. The summed E-state index contributed by atoms with van der Waals surface area (Å²) in [6.45, 7) is 8.56. The van der Waals surface area contributed by atoms with Crippen molar-refractivity contribution in [2.45, 2.75) is 46.1 Å². The lowest BCUT2D eigenvalue weighted by Crippen LogP contribution is -2.50. The molecule has 1 saturated heterocycles. The molecule has 1 heterocycles. The van der Waals surface area contributed by atoms with Crippen LogP contribution in [0, 0.1) is 5.41 Å². The maximum absolute atomic E-state index is 11.2. The third kappa shape index (κ3) is 3.29. The first-order valence-electron chi connectivity index (χ1n) is 5.43. The van der Waals surface area contributed by atoms with E-state index >= 15 is 0 Å². The van der Waals surface area contributed by atoms with Gasteiger partial charge in [-0.15, -0.1) is 0 Å². The fourth-order valence-electron chi connectivity index (χ4n) is 2.11. The van der Waals surface area contributed by atoms with Gasteiger partial charge in [-0.1, -0.05) is 27.2 Å². The second-order valence-electron chi connectivity index (χ2n) is 5.45. The molecule has 0 aromatic heterocycles. The summed E-state index contributed by atoms with van der Waals surface area (Å²) in [7, 11) is 0. The van der Waals surface area contributed by atoms with Crippen LogP contribution in [0.15, 0.2) is 0 Å². The maximum atomic E-state index is 11.2. The molecule has 0 saturated carbocycles. The van der Waals surface area contributed by atoms with E-state index in [0.29, 0.717) is 0 Å².